The number of thioether (sulfide) groups is 1. The van der Waals surface area contributed by atoms with Crippen LogP contribution in [0.25, 0.3) is 22.8 Å². The summed E-state index contributed by atoms with van der Waals surface area (Å²) in [6.45, 7) is 2.00. The maximum atomic E-state index is 6.15. The third-order valence-electron chi connectivity index (χ3n) is 3.68. The van der Waals surface area contributed by atoms with Crippen LogP contribution >= 0.6 is 23.4 Å². The molecule has 0 spiro atoms. The van der Waals surface area contributed by atoms with Crippen LogP contribution < -0.4 is 0 Å². The predicted molar refractivity (Wildman–Crippen MR) is 98.8 cm³/mol. The first kappa shape index (κ1) is 16.8. The average Bonchev–Trinajstić information content (AvgIpc) is 3.30. The van der Waals surface area contributed by atoms with Gasteiger partial charge < -0.3 is 8.94 Å². The highest BCUT2D eigenvalue weighted by molar-refractivity contribution is 7.98. The second-order valence-corrected chi connectivity index (χ2v) is 6.80. The van der Waals surface area contributed by atoms with Gasteiger partial charge in [0.05, 0.1) is 10.8 Å². The first-order valence-corrected chi connectivity index (χ1v) is 9.17. The van der Waals surface area contributed by atoms with Crippen LogP contribution in [0.3, 0.4) is 0 Å². The van der Waals surface area contributed by atoms with Crippen molar-refractivity contribution in [3.8, 4) is 22.8 Å². The Morgan fingerprint density at radius 2 is 1.77 bits per heavy atom. The summed E-state index contributed by atoms with van der Waals surface area (Å²) in [5, 5.41) is 13.2. The minimum absolute atomic E-state index is 0.423. The Bertz CT molecular complexity index is 963. The van der Waals surface area contributed by atoms with Gasteiger partial charge in [-0.25, -0.2) is 0 Å². The van der Waals surface area contributed by atoms with Gasteiger partial charge in [-0.05, 0) is 30.7 Å². The molecule has 0 saturated carbocycles. The van der Waals surface area contributed by atoms with E-state index in [9.17, 15) is 0 Å². The second-order valence-electron chi connectivity index (χ2n) is 5.47. The van der Waals surface area contributed by atoms with Gasteiger partial charge in [0.2, 0.25) is 17.6 Å². The lowest BCUT2D eigenvalue weighted by Crippen LogP contribution is -1.84. The summed E-state index contributed by atoms with van der Waals surface area (Å²) in [6.07, 6.45) is 0. The normalized spacial score (nSPS) is 11.0. The van der Waals surface area contributed by atoms with Crippen molar-refractivity contribution in [3.63, 3.8) is 0 Å². The van der Waals surface area contributed by atoms with Crippen molar-refractivity contribution in [2.24, 2.45) is 0 Å². The highest BCUT2D eigenvalue weighted by atomic mass is 35.5. The van der Waals surface area contributed by atoms with E-state index in [0.717, 1.165) is 16.7 Å². The van der Waals surface area contributed by atoms with Crippen molar-refractivity contribution in [2.75, 3.05) is 0 Å². The molecule has 8 heteroatoms. The number of benzene rings is 2. The standard InChI is InChI=1S/C18H13ClN4O2S/c1-11-6-2-3-7-12(11)17-21-22-18(24-17)26-10-15-20-16(23-25-15)13-8-4-5-9-14(13)19/h2-9H,10H2,1H3. The molecule has 0 aliphatic carbocycles. The largest absolute Gasteiger partial charge is 0.411 e. The quantitative estimate of drug-likeness (QED) is 0.446. The van der Waals surface area contributed by atoms with E-state index in [1.807, 2.05) is 49.4 Å². The summed E-state index contributed by atoms with van der Waals surface area (Å²) in [5.74, 6) is 1.83. The van der Waals surface area contributed by atoms with Crippen LogP contribution in [0.2, 0.25) is 5.02 Å². The highest BCUT2D eigenvalue weighted by Crippen LogP contribution is 2.29. The second kappa shape index (κ2) is 7.31. The molecule has 2 aromatic heterocycles. The molecule has 0 radical (unpaired) electrons. The molecule has 0 amide bonds. The van der Waals surface area contributed by atoms with E-state index < -0.39 is 0 Å². The Morgan fingerprint density at radius 3 is 2.58 bits per heavy atom. The molecule has 0 aliphatic rings. The Balaban J connectivity index is 1.46. The first-order chi connectivity index (χ1) is 12.7. The maximum Gasteiger partial charge on any atom is 0.277 e. The molecule has 0 N–H and O–H groups in total. The van der Waals surface area contributed by atoms with E-state index >= 15 is 0 Å². The zero-order chi connectivity index (χ0) is 17.9. The summed E-state index contributed by atoms with van der Waals surface area (Å²) in [7, 11) is 0. The minimum atomic E-state index is 0.423. The number of nitrogens with zero attached hydrogens (tertiary/aromatic N) is 4. The average molecular weight is 385 g/mol. The molecule has 2 aromatic carbocycles. The zero-order valence-electron chi connectivity index (χ0n) is 13.7. The molecule has 4 rings (SSSR count). The smallest absolute Gasteiger partial charge is 0.277 e. The molecule has 0 aliphatic heterocycles. The van der Waals surface area contributed by atoms with E-state index in [4.69, 9.17) is 20.5 Å². The van der Waals surface area contributed by atoms with E-state index in [-0.39, 0.29) is 0 Å². The molecular weight excluding hydrogens is 372 g/mol. The maximum absolute atomic E-state index is 6.15. The summed E-state index contributed by atoms with van der Waals surface area (Å²) in [4.78, 5) is 4.36. The van der Waals surface area contributed by atoms with E-state index in [2.05, 4.69) is 20.3 Å². The van der Waals surface area contributed by atoms with Gasteiger partial charge in [-0.1, -0.05) is 58.9 Å². The summed E-state index contributed by atoms with van der Waals surface area (Å²) in [5.41, 5.74) is 2.73. The van der Waals surface area contributed by atoms with Crippen LogP contribution in [0, 0.1) is 6.92 Å². The zero-order valence-corrected chi connectivity index (χ0v) is 15.3. The molecule has 6 nitrogen and oxygen atoms in total. The molecular formula is C18H13ClN4O2S. The van der Waals surface area contributed by atoms with Crippen LogP contribution in [0.5, 0.6) is 0 Å². The molecule has 0 bridgehead atoms. The molecule has 0 saturated heterocycles. The van der Waals surface area contributed by atoms with Crippen LogP contribution in [-0.2, 0) is 5.75 Å². The number of rotatable bonds is 5. The Labute approximate surface area is 158 Å². The van der Waals surface area contributed by atoms with Crippen molar-refractivity contribution in [2.45, 2.75) is 17.9 Å². The van der Waals surface area contributed by atoms with Gasteiger partial charge in [0.25, 0.3) is 5.22 Å². The Kier molecular flexibility index (Phi) is 4.73. The van der Waals surface area contributed by atoms with Crippen LogP contribution in [0.4, 0.5) is 0 Å². The van der Waals surface area contributed by atoms with Crippen molar-refractivity contribution in [1.82, 2.24) is 20.3 Å². The number of halogens is 1. The number of aryl methyl sites for hydroxylation is 1. The predicted octanol–water partition coefficient (Wildman–Crippen LogP) is 5.04. The Morgan fingerprint density at radius 1 is 1.00 bits per heavy atom. The summed E-state index contributed by atoms with van der Waals surface area (Å²) in [6, 6.07) is 15.2. The third kappa shape index (κ3) is 3.49. The van der Waals surface area contributed by atoms with Gasteiger partial charge in [0.15, 0.2) is 0 Å². The van der Waals surface area contributed by atoms with Crippen LogP contribution in [0.1, 0.15) is 11.5 Å². The highest BCUT2D eigenvalue weighted by Gasteiger charge is 2.14. The van der Waals surface area contributed by atoms with Crippen molar-refractivity contribution < 1.29 is 8.94 Å². The van der Waals surface area contributed by atoms with Crippen molar-refractivity contribution >= 4 is 23.4 Å². The van der Waals surface area contributed by atoms with Crippen LogP contribution in [-0.4, -0.2) is 20.3 Å². The van der Waals surface area contributed by atoms with E-state index in [1.165, 1.54) is 11.8 Å². The molecule has 0 unspecified atom stereocenters. The molecule has 4 aromatic rings. The van der Waals surface area contributed by atoms with Crippen LogP contribution in [0.15, 0.2) is 62.7 Å². The fraction of sp³-hybridized carbons (Fsp3) is 0.111. The molecule has 130 valence electrons. The SMILES string of the molecule is Cc1ccccc1-c1nnc(SCc2nc(-c3ccccc3Cl)no2)o1. The van der Waals surface area contributed by atoms with E-state index in [0.29, 0.717) is 33.6 Å². The van der Waals surface area contributed by atoms with Crippen molar-refractivity contribution in [1.29, 1.82) is 0 Å². The molecule has 2 heterocycles. The lowest BCUT2D eigenvalue weighted by atomic mass is 10.1. The van der Waals surface area contributed by atoms with Gasteiger partial charge in [-0.2, -0.15) is 4.98 Å². The van der Waals surface area contributed by atoms with Gasteiger partial charge >= 0.3 is 0 Å². The molecule has 0 atom stereocenters. The fourth-order valence-corrected chi connectivity index (χ4v) is 3.20. The fourth-order valence-electron chi connectivity index (χ4n) is 2.38. The van der Waals surface area contributed by atoms with Gasteiger partial charge in [0.1, 0.15) is 0 Å². The first-order valence-electron chi connectivity index (χ1n) is 7.80. The van der Waals surface area contributed by atoms with Gasteiger partial charge in [-0.15, -0.1) is 10.2 Å². The third-order valence-corrected chi connectivity index (χ3v) is 4.82. The lowest BCUT2D eigenvalue weighted by molar-refractivity contribution is 0.391. The van der Waals surface area contributed by atoms with Gasteiger partial charge in [-0.3, -0.25) is 0 Å². The number of aromatic nitrogens is 4. The monoisotopic (exact) mass is 384 g/mol. The number of hydrogen-bond acceptors (Lipinski definition) is 7. The summed E-state index contributed by atoms with van der Waals surface area (Å²) < 4.78 is 11.0. The van der Waals surface area contributed by atoms with Crippen molar-refractivity contribution in [3.05, 3.63) is 65.0 Å². The number of hydrogen-bond donors (Lipinski definition) is 0. The lowest BCUT2D eigenvalue weighted by Gasteiger charge is -1.98. The molecule has 26 heavy (non-hydrogen) atoms. The molecule has 0 fully saturated rings. The topological polar surface area (TPSA) is 77.8 Å². The van der Waals surface area contributed by atoms with Gasteiger partial charge in [0, 0.05) is 11.1 Å². The Hall–Kier alpha value is -2.64. The summed E-state index contributed by atoms with van der Waals surface area (Å²) >= 11 is 7.49. The minimum Gasteiger partial charge on any atom is -0.411 e. The van der Waals surface area contributed by atoms with E-state index in [1.54, 1.807) is 6.07 Å².